The Morgan fingerprint density at radius 2 is 1.87 bits per heavy atom. The van der Waals surface area contributed by atoms with Crippen molar-refractivity contribution in [2.75, 3.05) is 14.2 Å². The summed E-state index contributed by atoms with van der Waals surface area (Å²) >= 11 is 0. The second kappa shape index (κ2) is 6.84. The topological polar surface area (TPSA) is 86.6 Å². The Balaban J connectivity index is 2.28. The fourth-order valence-electron chi connectivity index (χ4n) is 2.01. The van der Waals surface area contributed by atoms with Crippen LogP contribution in [0.1, 0.15) is 5.56 Å². The Kier molecular flexibility index (Phi) is 5.07. The largest absolute Gasteiger partial charge is 0.497 e. The number of nitrogens with one attached hydrogen (secondary N) is 1. The fourth-order valence-corrected chi connectivity index (χ4v) is 3.21. The molecule has 2 aromatic rings. The van der Waals surface area contributed by atoms with Crippen LogP contribution in [-0.4, -0.2) is 27.2 Å². The van der Waals surface area contributed by atoms with Gasteiger partial charge in [0.15, 0.2) is 0 Å². The van der Waals surface area contributed by atoms with Crippen molar-refractivity contribution in [1.82, 2.24) is 9.29 Å². The van der Waals surface area contributed by atoms with Crippen LogP contribution in [0.2, 0.25) is 0 Å². The summed E-state index contributed by atoms with van der Waals surface area (Å²) in [7, 11) is 0.655. The zero-order valence-corrected chi connectivity index (χ0v) is 13.9. The van der Waals surface area contributed by atoms with E-state index < -0.39 is 10.0 Å². The second-order valence-corrected chi connectivity index (χ2v) is 6.56. The number of pyridine rings is 1. The molecule has 1 aromatic carbocycles. The molecule has 0 bridgehead atoms. The highest BCUT2D eigenvalue weighted by molar-refractivity contribution is 7.89. The third-order valence-electron chi connectivity index (χ3n) is 3.27. The van der Waals surface area contributed by atoms with Crippen LogP contribution in [0.3, 0.4) is 0 Å². The minimum absolute atomic E-state index is 0.0100. The second-order valence-electron chi connectivity index (χ2n) is 4.83. The zero-order chi connectivity index (χ0) is 17.0. The normalized spacial score (nSPS) is 11.3. The van der Waals surface area contributed by atoms with Crippen LogP contribution in [0.25, 0.3) is 0 Å². The first kappa shape index (κ1) is 17.0. The average Bonchev–Trinajstić information content (AvgIpc) is 2.55. The number of rotatable bonds is 6. The van der Waals surface area contributed by atoms with E-state index in [2.05, 4.69) is 4.72 Å². The van der Waals surface area contributed by atoms with E-state index >= 15 is 0 Å². The summed E-state index contributed by atoms with van der Waals surface area (Å²) in [6, 6.07) is 7.50. The molecule has 0 aliphatic carbocycles. The van der Waals surface area contributed by atoms with Crippen LogP contribution in [0.15, 0.2) is 46.2 Å². The molecule has 0 aliphatic rings. The molecule has 0 saturated heterocycles. The Morgan fingerprint density at radius 1 is 1.13 bits per heavy atom. The highest BCUT2D eigenvalue weighted by atomic mass is 32.2. The van der Waals surface area contributed by atoms with E-state index in [-0.39, 0.29) is 22.7 Å². The lowest BCUT2D eigenvalue weighted by atomic mass is 10.3. The van der Waals surface area contributed by atoms with Crippen LogP contribution in [0.5, 0.6) is 11.5 Å². The number of sulfonamides is 1. The van der Waals surface area contributed by atoms with E-state index in [4.69, 9.17) is 9.47 Å². The first-order valence-electron chi connectivity index (χ1n) is 6.74. The highest BCUT2D eigenvalue weighted by Gasteiger charge is 2.20. The van der Waals surface area contributed by atoms with Crippen molar-refractivity contribution in [3.8, 4) is 11.5 Å². The summed E-state index contributed by atoms with van der Waals surface area (Å²) in [6.45, 7) is 0.0524. The Morgan fingerprint density at radius 3 is 2.48 bits per heavy atom. The van der Waals surface area contributed by atoms with Gasteiger partial charge in [0.2, 0.25) is 15.6 Å². The molecule has 124 valence electrons. The number of hydrogen-bond donors (Lipinski definition) is 1. The quantitative estimate of drug-likeness (QED) is 0.845. The number of methoxy groups -OCH3 is 2. The highest BCUT2D eigenvalue weighted by Crippen LogP contribution is 2.28. The van der Waals surface area contributed by atoms with Crippen LogP contribution in [-0.2, 0) is 23.6 Å². The van der Waals surface area contributed by atoms with Crippen molar-refractivity contribution in [3.05, 3.63) is 52.4 Å². The van der Waals surface area contributed by atoms with Gasteiger partial charge in [-0.2, -0.15) is 0 Å². The molecule has 1 aromatic heterocycles. The molecule has 0 spiro atoms. The fraction of sp³-hybridized carbons (Fsp3) is 0.267. The standard InChI is InChI=1S/C15H18N2O5S/c1-17-10-11(4-7-15(17)18)9-16-23(19,20)14-8-12(21-2)5-6-13(14)22-3/h4-8,10,16H,9H2,1-3H3. The molecule has 0 fully saturated rings. The Bertz CT molecular complexity index is 858. The average molecular weight is 338 g/mol. The predicted octanol–water partition coefficient (Wildman–Crippen LogP) is 0.881. The number of aryl methyl sites for hydroxylation is 1. The van der Waals surface area contributed by atoms with E-state index in [0.717, 1.165) is 0 Å². The summed E-state index contributed by atoms with van der Waals surface area (Å²) < 4.78 is 39.0. The summed E-state index contributed by atoms with van der Waals surface area (Å²) in [5.74, 6) is 0.632. The summed E-state index contributed by atoms with van der Waals surface area (Å²) in [5, 5.41) is 0. The molecule has 0 saturated carbocycles. The van der Waals surface area contributed by atoms with E-state index in [1.165, 1.54) is 37.0 Å². The van der Waals surface area contributed by atoms with Gasteiger partial charge in [-0.3, -0.25) is 4.79 Å². The SMILES string of the molecule is COc1ccc(OC)c(S(=O)(=O)NCc2ccc(=O)n(C)c2)c1. The third-order valence-corrected chi connectivity index (χ3v) is 4.70. The lowest BCUT2D eigenvalue weighted by Crippen LogP contribution is -2.25. The summed E-state index contributed by atoms with van der Waals surface area (Å²) in [4.78, 5) is 11.3. The van der Waals surface area contributed by atoms with Gasteiger partial charge in [0.25, 0.3) is 0 Å². The van der Waals surface area contributed by atoms with Gasteiger partial charge in [-0.1, -0.05) is 6.07 Å². The molecule has 0 radical (unpaired) electrons. The first-order valence-corrected chi connectivity index (χ1v) is 8.23. The molecule has 0 amide bonds. The van der Waals surface area contributed by atoms with Crippen molar-refractivity contribution >= 4 is 10.0 Å². The van der Waals surface area contributed by atoms with Crippen molar-refractivity contribution in [1.29, 1.82) is 0 Å². The van der Waals surface area contributed by atoms with Gasteiger partial charge in [-0.15, -0.1) is 0 Å². The number of hydrogen-bond acceptors (Lipinski definition) is 5. The first-order chi connectivity index (χ1) is 10.9. The summed E-state index contributed by atoms with van der Waals surface area (Å²) in [5.41, 5.74) is 0.503. The van der Waals surface area contributed by atoms with Crippen molar-refractivity contribution in [2.45, 2.75) is 11.4 Å². The van der Waals surface area contributed by atoms with E-state index in [9.17, 15) is 13.2 Å². The minimum Gasteiger partial charge on any atom is -0.497 e. The molecule has 0 unspecified atom stereocenters. The van der Waals surface area contributed by atoms with Gasteiger partial charge in [0, 0.05) is 31.9 Å². The van der Waals surface area contributed by atoms with Crippen LogP contribution in [0, 0.1) is 0 Å². The maximum absolute atomic E-state index is 12.5. The molecule has 1 N–H and O–H groups in total. The molecular weight excluding hydrogens is 320 g/mol. The number of benzene rings is 1. The van der Waals surface area contributed by atoms with Crippen LogP contribution < -0.4 is 19.8 Å². The van der Waals surface area contributed by atoms with Gasteiger partial charge in [-0.05, 0) is 17.7 Å². The van der Waals surface area contributed by atoms with Gasteiger partial charge in [0.1, 0.15) is 16.4 Å². The minimum atomic E-state index is -3.80. The smallest absolute Gasteiger partial charge is 0.250 e. The predicted molar refractivity (Wildman–Crippen MR) is 85.3 cm³/mol. The number of ether oxygens (including phenoxy) is 2. The molecular formula is C15H18N2O5S. The van der Waals surface area contributed by atoms with Crippen LogP contribution >= 0.6 is 0 Å². The molecule has 23 heavy (non-hydrogen) atoms. The van der Waals surface area contributed by atoms with Gasteiger partial charge >= 0.3 is 0 Å². The van der Waals surface area contributed by atoms with E-state index in [1.54, 1.807) is 25.4 Å². The van der Waals surface area contributed by atoms with Gasteiger partial charge in [0.05, 0.1) is 14.2 Å². The third kappa shape index (κ3) is 3.91. The molecule has 0 aliphatic heterocycles. The van der Waals surface area contributed by atoms with Crippen molar-refractivity contribution in [3.63, 3.8) is 0 Å². The molecule has 1 heterocycles. The lowest BCUT2D eigenvalue weighted by molar-refractivity contribution is 0.392. The monoisotopic (exact) mass is 338 g/mol. The maximum atomic E-state index is 12.5. The van der Waals surface area contributed by atoms with Crippen molar-refractivity contribution < 1.29 is 17.9 Å². The molecule has 0 atom stereocenters. The van der Waals surface area contributed by atoms with Crippen LogP contribution in [0.4, 0.5) is 0 Å². The van der Waals surface area contributed by atoms with E-state index in [0.29, 0.717) is 11.3 Å². The maximum Gasteiger partial charge on any atom is 0.250 e. The Labute approximate surface area is 134 Å². The molecule has 7 nitrogen and oxygen atoms in total. The van der Waals surface area contributed by atoms with Gasteiger partial charge in [-0.25, -0.2) is 13.1 Å². The summed E-state index contributed by atoms with van der Waals surface area (Å²) in [6.07, 6.45) is 1.58. The number of aromatic nitrogens is 1. The molecule has 2 rings (SSSR count). The zero-order valence-electron chi connectivity index (χ0n) is 13.1. The van der Waals surface area contributed by atoms with Gasteiger partial charge < -0.3 is 14.0 Å². The number of nitrogens with zero attached hydrogens (tertiary/aromatic N) is 1. The lowest BCUT2D eigenvalue weighted by Gasteiger charge is -2.12. The van der Waals surface area contributed by atoms with E-state index in [1.807, 2.05) is 0 Å². The Hall–Kier alpha value is -2.32. The molecule has 8 heteroatoms. The van der Waals surface area contributed by atoms with Crippen molar-refractivity contribution in [2.24, 2.45) is 7.05 Å².